The number of morpholine rings is 1. The Morgan fingerprint density at radius 3 is 2.69 bits per heavy atom. The number of aromatic nitrogens is 3. The highest BCUT2D eigenvalue weighted by atomic mass is 32.1. The minimum Gasteiger partial charge on any atom is -0.378 e. The van der Waals surface area contributed by atoms with Gasteiger partial charge in [0.05, 0.1) is 28.9 Å². The molecule has 3 aromatic heterocycles. The lowest BCUT2D eigenvalue weighted by Gasteiger charge is -2.28. The zero-order chi connectivity index (χ0) is 21.3. The van der Waals surface area contributed by atoms with Crippen molar-refractivity contribution in [3.63, 3.8) is 0 Å². The molecule has 0 unspecified atom stereocenters. The number of thiophene rings is 1. The van der Waals surface area contributed by atoms with Crippen LogP contribution >= 0.6 is 11.3 Å². The highest BCUT2D eigenvalue weighted by molar-refractivity contribution is 7.19. The Kier molecular flexibility index (Phi) is 5.44. The third-order valence-corrected chi connectivity index (χ3v) is 7.26. The summed E-state index contributed by atoms with van der Waals surface area (Å²) in [5, 5.41) is 4.54. The van der Waals surface area contributed by atoms with E-state index in [9.17, 15) is 0 Å². The molecule has 5 heterocycles. The summed E-state index contributed by atoms with van der Waals surface area (Å²) in [4.78, 5) is 20.9. The summed E-state index contributed by atoms with van der Waals surface area (Å²) >= 11 is 1.83. The van der Waals surface area contributed by atoms with Crippen LogP contribution in [0.3, 0.4) is 0 Å². The van der Waals surface area contributed by atoms with Crippen molar-refractivity contribution in [3.05, 3.63) is 47.5 Å². The van der Waals surface area contributed by atoms with Gasteiger partial charge in [0.15, 0.2) is 11.6 Å². The summed E-state index contributed by atoms with van der Waals surface area (Å²) in [7, 11) is 0. The molecule has 1 N–H and O–H groups in total. The summed E-state index contributed by atoms with van der Waals surface area (Å²) < 4.78 is 6.77. The number of piperazine rings is 1. The second-order valence-corrected chi connectivity index (χ2v) is 9.48. The molecular weight excluding hydrogens is 420 g/mol. The molecule has 6 rings (SSSR count). The summed E-state index contributed by atoms with van der Waals surface area (Å²) in [6, 6.07) is 12.6. The second kappa shape index (κ2) is 8.71. The van der Waals surface area contributed by atoms with Crippen LogP contribution in [0, 0.1) is 0 Å². The molecule has 2 saturated heterocycles. The van der Waals surface area contributed by atoms with Gasteiger partial charge in [0.25, 0.3) is 0 Å². The average molecular weight is 447 g/mol. The van der Waals surface area contributed by atoms with E-state index in [-0.39, 0.29) is 0 Å². The van der Waals surface area contributed by atoms with Crippen LogP contribution in [0.5, 0.6) is 0 Å². The number of fused-ring (bicyclic) bond motifs is 2. The molecule has 0 radical (unpaired) electrons. The zero-order valence-electron chi connectivity index (χ0n) is 18.0. The van der Waals surface area contributed by atoms with Crippen molar-refractivity contribution in [1.82, 2.24) is 25.2 Å². The fraction of sp³-hybridized carbons (Fsp3) is 0.375. The Bertz CT molecular complexity index is 1250. The van der Waals surface area contributed by atoms with Crippen LogP contribution in [0.25, 0.3) is 32.5 Å². The largest absolute Gasteiger partial charge is 0.378 e. The first-order valence-corrected chi connectivity index (χ1v) is 12.1. The number of nitrogens with one attached hydrogen (secondary N) is 1. The molecule has 0 aliphatic carbocycles. The molecule has 0 spiro atoms. The lowest BCUT2D eigenvalue weighted by Crippen LogP contribution is -2.42. The van der Waals surface area contributed by atoms with E-state index in [1.807, 2.05) is 35.7 Å². The quantitative estimate of drug-likeness (QED) is 0.517. The van der Waals surface area contributed by atoms with Gasteiger partial charge in [0.2, 0.25) is 0 Å². The lowest BCUT2D eigenvalue weighted by atomic mass is 10.1. The van der Waals surface area contributed by atoms with Crippen molar-refractivity contribution in [2.75, 3.05) is 57.4 Å². The van der Waals surface area contributed by atoms with Gasteiger partial charge >= 0.3 is 0 Å². The van der Waals surface area contributed by atoms with Crippen LogP contribution in [0.1, 0.15) is 4.88 Å². The fourth-order valence-electron chi connectivity index (χ4n) is 4.44. The van der Waals surface area contributed by atoms with Crippen LogP contribution in [-0.4, -0.2) is 72.3 Å². The zero-order valence-corrected chi connectivity index (χ0v) is 18.8. The van der Waals surface area contributed by atoms with Gasteiger partial charge in [-0.1, -0.05) is 18.2 Å². The van der Waals surface area contributed by atoms with Crippen molar-refractivity contribution in [1.29, 1.82) is 0 Å². The third-order valence-electron chi connectivity index (χ3n) is 6.15. The first-order chi connectivity index (χ1) is 15.8. The van der Waals surface area contributed by atoms with Gasteiger partial charge in [-0.15, -0.1) is 11.3 Å². The van der Waals surface area contributed by atoms with E-state index >= 15 is 0 Å². The monoisotopic (exact) mass is 446 g/mol. The van der Waals surface area contributed by atoms with E-state index in [4.69, 9.17) is 14.7 Å². The SMILES string of the molecule is c1ccc2ncc(-c3nc(N4CCOCC4)c4sc(CN5CCNCC5)cc4n3)cc2c1. The Morgan fingerprint density at radius 1 is 0.969 bits per heavy atom. The van der Waals surface area contributed by atoms with Gasteiger partial charge in [0, 0.05) is 67.8 Å². The molecule has 8 heteroatoms. The van der Waals surface area contributed by atoms with Crippen molar-refractivity contribution in [2.45, 2.75) is 6.54 Å². The van der Waals surface area contributed by atoms with Crippen molar-refractivity contribution in [3.8, 4) is 11.4 Å². The van der Waals surface area contributed by atoms with Crippen molar-refractivity contribution >= 4 is 38.3 Å². The van der Waals surface area contributed by atoms with Crippen LogP contribution in [0.15, 0.2) is 42.6 Å². The summed E-state index contributed by atoms with van der Waals surface area (Å²) in [5.74, 6) is 1.77. The van der Waals surface area contributed by atoms with Crippen LogP contribution < -0.4 is 10.2 Å². The first kappa shape index (κ1) is 20.0. The normalized spacial score (nSPS) is 17.9. The van der Waals surface area contributed by atoms with Gasteiger partial charge in [-0.3, -0.25) is 9.88 Å². The average Bonchev–Trinajstić information content (AvgIpc) is 3.26. The highest BCUT2D eigenvalue weighted by Gasteiger charge is 2.21. The molecule has 0 atom stereocenters. The van der Waals surface area contributed by atoms with Crippen LogP contribution in [0.4, 0.5) is 5.82 Å². The maximum Gasteiger partial charge on any atom is 0.163 e. The number of rotatable bonds is 4. The molecule has 32 heavy (non-hydrogen) atoms. The maximum absolute atomic E-state index is 5.60. The Labute approximate surface area is 191 Å². The number of anilines is 1. The minimum atomic E-state index is 0.734. The number of hydrogen-bond donors (Lipinski definition) is 1. The van der Waals surface area contributed by atoms with Gasteiger partial charge < -0.3 is 15.0 Å². The molecule has 7 nitrogen and oxygen atoms in total. The molecule has 2 aliphatic rings. The Morgan fingerprint density at radius 2 is 1.81 bits per heavy atom. The number of para-hydroxylation sites is 1. The molecule has 2 fully saturated rings. The topological polar surface area (TPSA) is 66.4 Å². The van der Waals surface area contributed by atoms with Crippen molar-refractivity contribution in [2.24, 2.45) is 0 Å². The molecule has 0 bridgehead atoms. The smallest absolute Gasteiger partial charge is 0.163 e. The van der Waals surface area contributed by atoms with Crippen LogP contribution in [-0.2, 0) is 11.3 Å². The van der Waals surface area contributed by atoms with Crippen molar-refractivity contribution < 1.29 is 4.74 Å². The molecule has 4 aromatic rings. The van der Waals surface area contributed by atoms with E-state index < -0.39 is 0 Å². The van der Waals surface area contributed by atoms with Gasteiger partial charge in [-0.2, -0.15) is 0 Å². The summed E-state index contributed by atoms with van der Waals surface area (Å²) in [5.41, 5.74) is 2.97. The summed E-state index contributed by atoms with van der Waals surface area (Å²) in [6.45, 7) is 8.44. The Balaban J connectivity index is 1.43. The fourth-order valence-corrected chi connectivity index (χ4v) is 5.60. The van der Waals surface area contributed by atoms with E-state index in [2.05, 4.69) is 38.3 Å². The van der Waals surface area contributed by atoms with E-state index in [1.54, 1.807) is 0 Å². The summed E-state index contributed by atoms with van der Waals surface area (Å²) in [6.07, 6.45) is 1.89. The molecule has 0 saturated carbocycles. The number of ether oxygens (including phenoxy) is 1. The lowest BCUT2D eigenvalue weighted by molar-refractivity contribution is 0.122. The standard InChI is InChI=1S/C24H26N6OS/c1-2-4-20-17(3-1)13-18(15-26-20)23-27-21-14-19(16-29-7-5-25-6-8-29)32-22(21)24(28-23)30-9-11-31-12-10-30/h1-4,13-15,25H,5-12,16H2. The number of hydrogen-bond acceptors (Lipinski definition) is 8. The highest BCUT2D eigenvalue weighted by Crippen LogP contribution is 2.35. The number of nitrogens with zero attached hydrogens (tertiary/aromatic N) is 5. The molecule has 0 amide bonds. The predicted octanol–water partition coefficient (Wildman–Crippen LogP) is 3.15. The van der Waals surface area contributed by atoms with E-state index in [1.165, 1.54) is 9.58 Å². The second-order valence-electron chi connectivity index (χ2n) is 8.34. The minimum absolute atomic E-state index is 0.734. The predicted molar refractivity (Wildman–Crippen MR) is 129 cm³/mol. The third kappa shape index (κ3) is 3.95. The Hall–Kier alpha value is -2.65. The molecule has 2 aliphatic heterocycles. The number of benzene rings is 1. The maximum atomic E-state index is 5.60. The first-order valence-electron chi connectivity index (χ1n) is 11.2. The van der Waals surface area contributed by atoms with Crippen LogP contribution in [0.2, 0.25) is 0 Å². The molecule has 1 aromatic carbocycles. The van der Waals surface area contributed by atoms with Gasteiger partial charge in [-0.25, -0.2) is 9.97 Å². The van der Waals surface area contributed by atoms with Gasteiger partial charge in [0.1, 0.15) is 0 Å². The van der Waals surface area contributed by atoms with Gasteiger partial charge in [-0.05, 0) is 18.2 Å². The number of pyridine rings is 1. The van der Waals surface area contributed by atoms with E-state index in [0.717, 1.165) is 92.7 Å². The van der Waals surface area contributed by atoms with E-state index in [0.29, 0.717) is 0 Å². The molecule has 164 valence electrons. The molecular formula is C24H26N6OS.